The number of unbranched alkanes of at least 4 members (excludes halogenated alkanes) is 2. The highest BCUT2D eigenvalue weighted by atomic mass is 15.0. The van der Waals surface area contributed by atoms with Crippen molar-refractivity contribution < 1.29 is 0 Å². The smallest absolute Gasteiger partial charge is 0.182 e. The molecule has 2 nitrogen and oxygen atoms in total. The van der Waals surface area contributed by atoms with Gasteiger partial charge in [0.25, 0.3) is 0 Å². The van der Waals surface area contributed by atoms with Crippen LogP contribution in [-0.4, -0.2) is 32.4 Å². The average Bonchev–Trinajstić information content (AvgIpc) is 1.89. The van der Waals surface area contributed by atoms with Gasteiger partial charge in [-0.3, -0.25) is 0 Å². The van der Waals surface area contributed by atoms with E-state index in [2.05, 4.69) is 6.92 Å². The lowest BCUT2D eigenvalue weighted by Crippen LogP contribution is -2.27. The van der Waals surface area contributed by atoms with Crippen molar-refractivity contribution in [3.63, 3.8) is 0 Å². The second kappa shape index (κ2) is 7.10. The first-order valence-electron chi connectivity index (χ1n) is 4.01. The molecule has 0 aromatic rings. The molecule has 0 aliphatic heterocycles. The predicted molar refractivity (Wildman–Crippen MR) is 45.9 cm³/mol. The second-order valence-electron chi connectivity index (χ2n) is 2.53. The Bertz CT molecular complexity index is 68.6. The van der Waals surface area contributed by atoms with Gasteiger partial charge in [0.15, 0.2) is 7.98 Å². The summed E-state index contributed by atoms with van der Waals surface area (Å²) in [5.74, 6) is 0. The minimum atomic E-state index is 0.655. The zero-order valence-electron chi connectivity index (χ0n) is 6.84. The van der Waals surface area contributed by atoms with E-state index < -0.39 is 0 Å². The number of nitrogens with two attached hydrogens (primary N) is 1. The fourth-order valence-corrected chi connectivity index (χ4v) is 0.843. The molecule has 2 radical (unpaired) electrons. The van der Waals surface area contributed by atoms with Crippen molar-refractivity contribution in [3.8, 4) is 0 Å². The molecule has 0 atom stereocenters. The normalized spacial score (nSPS) is 10.7. The Morgan fingerprint density at radius 3 is 2.50 bits per heavy atom. The molecule has 0 saturated heterocycles. The van der Waals surface area contributed by atoms with E-state index in [4.69, 9.17) is 13.7 Å². The summed E-state index contributed by atoms with van der Waals surface area (Å²) in [5.41, 5.74) is 5.31. The van der Waals surface area contributed by atoms with Gasteiger partial charge in [-0.05, 0) is 19.5 Å². The van der Waals surface area contributed by atoms with Gasteiger partial charge in [0.1, 0.15) is 0 Å². The molecular formula is C7H17BN2. The summed E-state index contributed by atoms with van der Waals surface area (Å²) in [5, 5.41) is 0. The van der Waals surface area contributed by atoms with Crippen molar-refractivity contribution in [2.45, 2.75) is 26.2 Å². The first-order chi connectivity index (χ1) is 4.81. The van der Waals surface area contributed by atoms with E-state index in [0.717, 1.165) is 13.1 Å². The third-order valence-corrected chi connectivity index (χ3v) is 1.47. The van der Waals surface area contributed by atoms with E-state index in [1.54, 1.807) is 4.81 Å². The Labute approximate surface area is 65.2 Å². The summed E-state index contributed by atoms with van der Waals surface area (Å²) < 4.78 is 0. The maximum absolute atomic E-state index is 5.58. The van der Waals surface area contributed by atoms with Crippen LogP contribution in [0.4, 0.5) is 0 Å². The summed E-state index contributed by atoms with van der Waals surface area (Å²) in [6.45, 7) is 4.63. The molecule has 58 valence electrons. The predicted octanol–water partition coefficient (Wildman–Crippen LogP) is 0.521. The van der Waals surface area contributed by atoms with Crippen LogP contribution < -0.4 is 5.73 Å². The van der Waals surface area contributed by atoms with Gasteiger partial charge in [0, 0.05) is 6.54 Å². The lowest BCUT2D eigenvalue weighted by atomic mass is 10.2. The van der Waals surface area contributed by atoms with Crippen molar-refractivity contribution >= 4 is 7.98 Å². The van der Waals surface area contributed by atoms with Gasteiger partial charge in [0.05, 0.1) is 0 Å². The van der Waals surface area contributed by atoms with E-state index in [1.165, 1.54) is 19.3 Å². The minimum Gasteiger partial charge on any atom is -0.352 e. The van der Waals surface area contributed by atoms with Gasteiger partial charge >= 0.3 is 0 Å². The summed E-state index contributed by atoms with van der Waals surface area (Å²) in [7, 11) is 5.58. The van der Waals surface area contributed by atoms with Gasteiger partial charge in [-0.2, -0.15) is 0 Å². The summed E-state index contributed by atoms with van der Waals surface area (Å²) >= 11 is 0. The van der Waals surface area contributed by atoms with Crippen molar-refractivity contribution in [2.24, 2.45) is 5.73 Å². The number of nitrogens with zero attached hydrogens (tertiary/aromatic N) is 1. The molecule has 0 fully saturated rings. The maximum atomic E-state index is 5.58. The van der Waals surface area contributed by atoms with Crippen LogP contribution >= 0.6 is 0 Å². The van der Waals surface area contributed by atoms with Crippen molar-refractivity contribution in [1.82, 2.24) is 4.81 Å². The zero-order chi connectivity index (χ0) is 7.82. The quantitative estimate of drug-likeness (QED) is 0.430. The molecule has 0 bridgehead atoms. The number of rotatable bonds is 6. The third-order valence-electron chi connectivity index (χ3n) is 1.47. The van der Waals surface area contributed by atoms with E-state index in [-0.39, 0.29) is 0 Å². The van der Waals surface area contributed by atoms with Gasteiger partial charge in [-0.1, -0.05) is 19.8 Å². The van der Waals surface area contributed by atoms with Gasteiger partial charge in [0.2, 0.25) is 0 Å². The van der Waals surface area contributed by atoms with Crippen LogP contribution in [0.2, 0.25) is 0 Å². The fraction of sp³-hybridized carbons (Fsp3) is 1.00. The van der Waals surface area contributed by atoms with Crippen LogP contribution in [0, 0.1) is 0 Å². The lowest BCUT2D eigenvalue weighted by molar-refractivity contribution is 0.443. The van der Waals surface area contributed by atoms with Crippen LogP contribution in [0.1, 0.15) is 26.2 Å². The average molecular weight is 140 g/mol. The SMILES string of the molecule is [B]N(CCN)CCCCC. The van der Waals surface area contributed by atoms with Crippen molar-refractivity contribution in [1.29, 1.82) is 0 Å². The molecule has 0 unspecified atom stereocenters. The highest BCUT2D eigenvalue weighted by molar-refractivity contribution is 6.04. The van der Waals surface area contributed by atoms with E-state index in [1.807, 2.05) is 0 Å². The summed E-state index contributed by atoms with van der Waals surface area (Å²) in [6, 6.07) is 0. The Kier molecular flexibility index (Phi) is 7.09. The molecule has 2 N–H and O–H groups in total. The maximum Gasteiger partial charge on any atom is 0.182 e. The Hall–Kier alpha value is -0.0151. The second-order valence-corrected chi connectivity index (χ2v) is 2.53. The molecule has 0 aliphatic carbocycles. The summed E-state index contributed by atoms with van der Waals surface area (Å²) in [4.78, 5) is 1.79. The van der Waals surface area contributed by atoms with E-state index in [0.29, 0.717) is 6.54 Å². The standard InChI is InChI=1S/C7H17BN2/c1-2-3-4-6-10(8)7-5-9/h2-7,9H2,1H3. The zero-order valence-corrected chi connectivity index (χ0v) is 6.84. The monoisotopic (exact) mass is 140 g/mol. The first-order valence-corrected chi connectivity index (χ1v) is 4.01. The largest absolute Gasteiger partial charge is 0.352 e. The molecule has 0 aliphatic rings. The van der Waals surface area contributed by atoms with E-state index in [9.17, 15) is 0 Å². The molecule has 0 rings (SSSR count). The molecule has 0 aromatic heterocycles. The van der Waals surface area contributed by atoms with Crippen molar-refractivity contribution in [3.05, 3.63) is 0 Å². The molecule has 0 heterocycles. The summed E-state index contributed by atoms with van der Waals surface area (Å²) in [6.07, 6.45) is 3.70. The van der Waals surface area contributed by atoms with Crippen LogP contribution in [0.5, 0.6) is 0 Å². The third kappa shape index (κ3) is 6.11. The molecule has 10 heavy (non-hydrogen) atoms. The molecular weight excluding hydrogens is 123 g/mol. The van der Waals surface area contributed by atoms with Crippen LogP contribution in [0.25, 0.3) is 0 Å². The molecule has 3 heteroatoms. The highest BCUT2D eigenvalue weighted by Gasteiger charge is 1.93. The van der Waals surface area contributed by atoms with E-state index >= 15 is 0 Å². The Balaban J connectivity index is 2.97. The van der Waals surface area contributed by atoms with Crippen LogP contribution in [0.15, 0.2) is 0 Å². The molecule has 0 amide bonds. The minimum absolute atomic E-state index is 0.655. The molecule has 0 aromatic carbocycles. The highest BCUT2D eigenvalue weighted by Crippen LogP contribution is 1.94. The topological polar surface area (TPSA) is 29.3 Å². The Morgan fingerprint density at radius 2 is 2.00 bits per heavy atom. The molecule has 0 spiro atoms. The number of hydrogen-bond donors (Lipinski definition) is 1. The molecule has 0 saturated carbocycles. The fourth-order valence-electron chi connectivity index (χ4n) is 0.843. The van der Waals surface area contributed by atoms with Crippen molar-refractivity contribution in [2.75, 3.05) is 19.6 Å². The number of hydrogen-bond acceptors (Lipinski definition) is 2. The van der Waals surface area contributed by atoms with Gasteiger partial charge in [-0.15, -0.1) is 0 Å². The first kappa shape index (κ1) is 9.98. The van der Waals surface area contributed by atoms with Gasteiger partial charge in [-0.25, -0.2) is 0 Å². The lowest BCUT2D eigenvalue weighted by Gasteiger charge is -2.14. The van der Waals surface area contributed by atoms with Crippen LogP contribution in [-0.2, 0) is 0 Å². The van der Waals surface area contributed by atoms with Gasteiger partial charge < -0.3 is 10.5 Å². The van der Waals surface area contributed by atoms with Crippen LogP contribution in [0.3, 0.4) is 0 Å². The Morgan fingerprint density at radius 1 is 1.30 bits per heavy atom.